The average Bonchev–Trinajstić information content (AvgIpc) is 2.58. The number of anilines is 1. The number of amides is 2. The zero-order valence-corrected chi connectivity index (χ0v) is 16.0. The first-order valence-electron chi connectivity index (χ1n) is 8.55. The molecule has 1 aliphatic rings. The normalized spacial score (nSPS) is 14.8. The van der Waals surface area contributed by atoms with Crippen molar-refractivity contribution in [2.24, 2.45) is 0 Å². The first kappa shape index (κ1) is 19.5. The molecular weight excluding hydrogens is 340 g/mol. The fourth-order valence-electron chi connectivity index (χ4n) is 2.82. The van der Waals surface area contributed by atoms with Crippen molar-refractivity contribution in [3.63, 3.8) is 0 Å². The Balaban J connectivity index is 1.86. The Morgan fingerprint density at radius 3 is 2.36 bits per heavy atom. The molecule has 7 heteroatoms. The molecule has 0 aliphatic carbocycles. The van der Waals surface area contributed by atoms with Crippen molar-refractivity contribution >= 4 is 29.1 Å². The Morgan fingerprint density at radius 2 is 1.80 bits per heavy atom. The maximum atomic E-state index is 12.5. The van der Waals surface area contributed by atoms with Gasteiger partial charge < -0.3 is 19.6 Å². The summed E-state index contributed by atoms with van der Waals surface area (Å²) in [6, 6.07) is 7.76. The summed E-state index contributed by atoms with van der Waals surface area (Å²) in [4.78, 5) is 32.0. The summed E-state index contributed by atoms with van der Waals surface area (Å²) in [5.41, 5.74) is 1.08. The van der Waals surface area contributed by atoms with Crippen molar-refractivity contribution in [3.05, 3.63) is 29.3 Å². The van der Waals surface area contributed by atoms with E-state index in [0.717, 1.165) is 25.3 Å². The Labute approximate surface area is 154 Å². The lowest BCUT2D eigenvalue weighted by Gasteiger charge is -2.37. The molecule has 0 spiro atoms. The van der Waals surface area contributed by atoms with Gasteiger partial charge in [0.2, 0.25) is 11.8 Å². The van der Waals surface area contributed by atoms with Gasteiger partial charge in [-0.25, -0.2) is 0 Å². The predicted octanol–water partition coefficient (Wildman–Crippen LogP) is 1.40. The van der Waals surface area contributed by atoms with Crippen LogP contribution in [0, 0.1) is 0 Å². The molecule has 2 amide bonds. The van der Waals surface area contributed by atoms with Crippen LogP contribution in [0.5, 0.6) is 0 Å². The minimum atomic E-state index is -0.0623. The molecule has 0 N–H and O–H groups in total. The highest BCUT2D eigenvalue weighted by Crippen LogP contribution is 2.20. The second-order valence-corrected chi connectivity index (χ2v) is 7.03. The van der Waals surface area contributed by atoms with Crippen molar-refractivity contribution in [1.29, 1.82) is 0 Å². The van der Waals surface area contributed by atoms with E-state index in [-0.39, 0.29) is 18.4 Å². The van der Waals surface area contributed by atoms with Crippen molar-refractivity contribution in [2.45, 2.75) is 6.92 Å². The van der Waals surface area contributed by atoms with Gasteiger partial charge in [-0.05, 0) is 32.3 Å². The molecular formula is C18H27ClN4O2. The molecule has 0 radical (unpaired) electrons. The van der Waals surface area contributed by atoms with E-state index >= 15 is 0 Å². The van der Waals surface area contributed by atoms with Crippen molar-refractivity contribution in [3.8, 4) is 0 Å². The lowest BCUT2D eigenvalue weighted by molar-refractivity contribution is -0.139. The van der Waals surface area contributed by atoms with Crippen LogP contribution in [0.15, 0.2) is 24.3 Å². The van der Waals surface area contributed by atoms with Crippen LogP contribution in [0.4, 0.5) is 5.69 Å². The van der Waals surface area contributed by atoms with Crippen LogP contribution in [-0.2, 0) is 9.59 Å². The highest BCUT2D eigenvalue weighted by atomic mass is 35.5. The topological polar surface area (TPSA) is 47.1 Å². The molecule has 0 atom stereocenters. The van der Waals surface area contributed by atoms with Crippen molar-refractivity contribution < 1.29 is 9.59 Å². The molecule has 2 rings (SSSR count). The number of nitrogens with zero attached hydrogens (tertiary/aromatic N) is 4. The lowest BCUT2D eigenvalue weighted by atomic mass is 10.2. The third kappa shape index (κ3) is 5.90. The molecule has 1 heterocycles. The molecule has 6 nitrogen and oxygen atoms in total. The fraction of sp³-hybridized carbons (Fsp3) is 0.556. The molecule has 138 valence electrons. The molecule has 1 aromatic carbocycles. The van der Waals surface area contributed by atoms with Crippen LogP contribution in [-0.4, -0.2) is 86.4 Å². The molecule has 1 aliphatic heterocycles. The minimum absolute atomic E-state index is 0.0136. The van der Waals surface area contributed by atoms with Gasteiger partial charge >= 0.3 is 0 Å². The van der Waals surface area contributed by atoms with Gasteiger partial charge in [-0.3, -0.25) is 9.59 Å². The second-order valence-electron chi connectivity index (χ2n) is 6.59. The first-order chi connectivity index (χ1) is 11.9. The van der Waals surface area contributed by atoms with E-state index in [0.29, 0.717) is 24.7 Å². The number of halogens is 1. The Kier molecular flexibility index (Phi) is 7.08. The average molecular weight is 367 g/mol. The van der Waals surface area contributed by atoms with E-state index in [9.17, 15) is 9.59 Å². The standard InChI is InChI=1S/C18H27ClN4O2/c1-15(24)23(8-7-20(2)3)14-18(25)22-11-9-21(10-12-22)17-6-4-5-16(19)13-17/h4-6,13H,7-12,14H2,1-3H3. The lowest BCUT2D eigenvalue weighted by Crippen LogP contribution is -2.52. The van der Waals surface area contributed by atoms with Crippen LogP contribution in [0.2, 0.25) is 5.02 Å². The van der Waals surface area contributed by atoms with Gasteiger partial charge in [0.05, 0.1) is 6.54 Å². The number of hydrogen-bond donors (Lipinski definition) is 0. The number of piperazine rings is 1. The summed E-state index contributed by atoms with van der Waals surface area (Å²) in [7, 11) is 3.91. The van der Waals surface area contributed by atoms with Crippen LogP contribution < -0.4 is 4.90 Å². The fourth-order valence-corrected chi connectivity index (χ4v) is 3.00. The smallest absolute Gasteiger partial charge is 0.242 e. The van der Waals surface area contributed by atoms with E-state index in [4.69, 9.17) is 11.6 Å². The van der Waals surface area contributed by atoms with Crippen LogP contribution >= 0.6 is 11.6 Å². The molecule has 1 saturated heterocycles. The van der Waals surface area contributed by atoms with Gasteiger partial charge in [-0.15, -0.1) is 0 Å². The summed E-state index contributed by atoms with van der Waals surface area (Å²) in [5, 5.41) is 0.717. The third-order valence-corrected chi connectivity index (χ3v) is 4.63. The quantitative estimate of drug-likeness (QED) is 0.763. The number of benzene rings is 1. The van der Waals surface area contributed by atoms with Gasteiger partial charge in [0.25, 0.3) is 0 Å². The van der Waals surface area contributed by atoms with Crippen molar-refractivity contribution in [1.82, 2.24) is 14.7 Å². The van der Waals surface area contributed by atoms with Gasteiger partial charge in [-0.1, -0.05) is 17.7 Å². The largest absolute Gasteiger partial charge is 0.368 e. The number of rotatable bonds is 6. The molecule has 0 bridgehead atoms. The highest BCUT2D eigenvalue weighted by molar-refractivity contribution is 6.30. The molecule has 0 saturated carbocycles. The van der Waals surface area contributed by atoms with E-state index in [1.54, 1.807) is 4.90 Å². The SMILES string of the molecule is CC(=O)N(CCN(C)C)CC(=O)N1CCN(c2cccc(Cl)c2)CC1. The predicted molar refractivity (Wildman–Crippen MR) is 101 cm³/mol. The zero-order valence-electron chi connectivity index (χ0n) is 15.2. The number of likely N-dealkylation sites (N-methyl/N-ethyl adjacent to an activating group) is 1. The number of carbonyl (C=O) groups excluding carboxylic acids is 2. The molecule has 0 aromatic heterocycles. The van der Waals surface area contributed by atoms with Crippen LogP contribution in [0.1, 0.15) is 6.92 Å². The van der Waals surface area contributed by atoms with Crippen LogP contribution in [0.25, 0.3) is 0 Å². The minimum Gasteiger partial charge on any atom is -0.368 e. The first-order valence-corrected chi connectivity index (χ1v) is 8.93. The molecule has 0 unspecified atom stereocenters. The molecule has 1 aromatic rings. The van der Waals surface area contributed by atoms with E-state index in [1.807, 2.05) is 48.2 Å². The molecule has 25 heavy (non-hydrogen) atoms. The molecule has 1 fully saturated rings. The zero-order chi connectivity index (χ0) is 18.4. The number of carbonyl (C=O) groups is 2. The maximum Gasteiger partial charge on any atom is 0.242 e. The Bertz CT molecular complexity index is 600. The summed E-state index contributed by atoms with van der Waals surface area (Å²) in [5.74, 6) is -0.0486. The van der Waals surface area contributed by atoms with Gasteiger partial charge in [-0.2, -0.15) is 0 Å². The summed E-state index contributed by atoms with van der Waals surface area (Å²) < 4.78 is 0. The summed E-state index contributed by atoms with van der Waals surface area (Å²) in [6.45, 7) is 5.83. The Hall–Kier alpha value is -1.79. The van der Waals surface area contributed by atoms with E-state index < -0.39 is 0 Å². The van der Waals surface area contributed by atoms with Gasteiger partial charge in [0, 0.05) is 56.9 Å². The van der Waals surface area contributed by atoms with Crippen molar-refractivity contribution in [2.75, 3.05) is 64.8 Å². The van der Waals surface area contributed by atoms with Crippen LogP contribution in [0.3, 0.4) is 0 Å². The Morgan fingerprint density at radius 1 is 1.12 bits per heavy atom. The second kappa shape index (κ2) is 9.06. The van der Waals surface area contributed by atoms with E-state index in [2.05, 4.69) is 4.90 Å². The van der Waals surface area contributed by atoms with Gasteiger partial charge in [0.1, 0.15) is 0 Å². The number of hydrogen-bond acceptors (Lipinski definition) is 4. The maximum absolute atomic E-state index is 12.5. The van der Waals surface area contributed by atoms with Gasteiger partial charge in [0.15, 0.2) is 0 Å². The summed E-state index contributed by atoms with van der Waals surface area (Å²) >= 11 is 6.05. The van der Waals surface area contributed by atoms with E-state index in [1.165, 1.54) is 6.92 Å². The summed E-state index contributed by atoms with van der Waals surface area (Å²) in [6.07, 6.45) is 0. The monoisotopic (exact) mass is 366 g/mol. The third-order valence-electron chi connectivity index (χ3n) is 4.39. The highest BCUT2D eigenvalue weighted by Gasteiger charge is 2.23.